The van der Waals surface area contributed by atoms with Crippen molar-refractivity contribution >= 4 is 11.8 Å². The summed E-state index contributed by atoms with van der Waals surface area (Å²) in [6, 6.07) is 28.7. The molecule has 0 aromatic heterocycles. The monoisotopic (exact) mass is 636 g/mol. The fraction of sp³-hybridized carbons (Fsp3) is 0.524. The molecule has 246 valence electrons. The van der Waals surface area contributed by atoms with Crippen molar-refractivity contribution in [1.82, 2.24) is 10.6 Å². The quantitative estimate of drug-likeness (QED) is 0.241. The maximum atomic E-state index is 5.70. The van der Waals surface area contributed by atoms with Crippen LogP contribution in [0.2, 0.25) is 0 Å². The summed E-state index contributed by atoms with van der Waals surface area (Å²) in [5.74, 6) is 3.72. The number of thioether (sulfide) groups is 1. The predicted octanol–water partition coefficient (Wildman–Crippen LogP) is 10.5. The Hall–Kier alpha value is -2.37. The molecule has 0 radical (unpaired) electrons. The Bertz CT molecular complexity index is 1190. The highest BCUT2D eigenvalue weighted by Crippen LogP contribution is 2.52. The van der Waals surface area contributed by atoms with Gasteiger partial charge in [-0.15, -0.1) is 0 Å². The molecule has 11 aliphatic rings. The molecule has 4 fully saturated rings. The van der Waals surface area contributed by atoms with E-state index in [9.17, 15) is 0 Å². The van der Waals surface area contributed by atoms with Crippen molar-refractivity contribution in [2.24, 2.45) is 0 Å². The largest absolute Gasteiger partial charge is 0.373 e. The van der Waals surface area contributed by atoms with Crippen molar-refractivity contribution in [3.05, 3.63) is 118 Å². The van der Waals surface area contributed by atoms with Gasteiger partial charge in [-0.3, -0.25) is 0 Å². The Morgan fingerprint density at radius 2 is 1.15 bits per heavy atom. The van der Waals surface area contributed by atoms with Gasteiger partial charge >= 0.3 is 0 Å². The van der Waals surface area contributed by atoms with Crippen molar-refractivity contribution in [2.75, 3.05) is 18.9 Å². The van der Waals surface area contributed by atoms with E-state index in [1.807, 2.05) is 0 Å². The van der Waals surface area contributed by atoms with Crippen LogP contribution in [0.15, 0.2) is 84.9 Å². The summed E-state index contributed by atoms with van der Waals surface area (Å²) < 4.78 is 5.70. The average Bonchev–Trinajstić information content (AvgIpc) is 3.47. The van der Waals surface area contributed by atoms with Gasteiger partial charge in [0.25, 0.3) is 0 Å². The van der Waals surface area contributed by atoms with Gasteiger partial charge in [-0.25, -0.2) is 0 Å². The van der Waals surface area contributed by atoms with E-state index in [0.29, 0.717) is 18.1 Å². The lowest BCUT2D eigenvalue weighted by Crippen LogP contribution is -2.38. The van der Waals surface area contributed by atoms with Crippen LogP contribution in [0.25, 0.3) is 0 Å². The summed E-state index contributed by atoms with van der Waals surface area (Å²) in [4.78, 5) is 0. The second-order valence-electron chi connectivity index (χ2n) is 14.0. The van der Waals surface area contributed by atoms with Crippen LogP contribution in [-0.4, -0.2) is 31.0 Å². The molecular weight excluding hydrogens is 581 g/mol. The van der Waals surface area contributed by atoms with Gasteiger partial charge in [-0.2, -0.15) is 11.8 Å². The van der Waals surface area contributed by atoms with Crippen molar-refractivity contribution in [3.8, 4) is 0 Å². The number of nitrogens with one attached hydrogen (secondary N) is 2. The van der Waals surface area contributed by atoms with Crippen molar-refractivity contribution < 1.29 is 4.74 Å². The molecule has 46 heavy (non-hydrogen) atoms. The molecule has 8 aliphatic heterocycles. The summed E-state index contributed by atoms with van der Waals surface area (Å²) in [7, 11) is 0. The lowest BCUT2D eigenvalue weighted by atomic mass is 9.76. The number of benzene rings is 3. The Labute approximate surface area is 283 Å². The molecule has 8 unspecified atom stereocenters. The molecule has 8 heterocycles. The molecule has 8 bridgehead atoms. The normalized spacial score (nSPS) is 32.3. The minimum absolute atomic E-state index is 0. The van der Waals surface area contributed by atoms with E-state index in [0.717, 1.165) is 35.8 Å². The lowest BCUT2D eigenvalue weighted by Gasteiger charge is -2.39. The summed E-state index contributed by atoms with van der Waals surface area (Å²) in [6.45, 7) is 2.14. The lowest BCUT2D eigenvalue weighted by molar-refractivity contribution is -0.0142. The predicted molar refractivity (Wildman–Crippen MR) is 197 cm³/mol. The van der Waals surface area contributed by atoms with Gasteiger partial charge in [-0.05, 0) is 103 Å². The zero-order valence-electron chi connectivity index (χ0n) is 26.0. The average molecular weight is 637 g/mol. The Morgan fingerprint density at radius 3 is 1.67 bits per heavy atom. The van der Waals surface area contributed by atoms with E-state index in [2.05, 4.69) is 107 Å². The first-order valence-corrected chi connectivity index (χ1v) is 18.5. The van der Waals surface area contributed by atoms with Gasteiger partial charge in [0, 0.05) is 41.6 Å². The standard InChI is InChI=1S/C11H13N.C11H12O.C11H12S.C7H11N.2CH4/c3*1-2-4-10-9(3-1)8-5-6-11(10)12-7-8;1-2-6-4-5-7(3-1)8-6;;/h1-4,8,11-12H,5-7H2;2*1-4,8,11H,5-7H2;4-8H,1-3H2;2*1H4. The van der Waals surface area contributed by atoms with Crippen LogP contribution in [0.4, 0.5) is 0 Å². The van der Waals surface area contributed by atoms with Crippen LogP contribution in [0.1, 0.15) is 141 Å². The topological polar surface area (TPSA) is 33.3 Å². The molecule has 3 aliphatic carbocycles. The van der Waals surface area contributed by atoms with Crippen molar-refractivity contribution in [2.45, 2.75) is 120 Å². The molecule has 3 aromatic rings. The number of ether oxygens (including phenoxy) is 1. The molecule has 2 N–H and O–H groups in total. The highest BCUT2D eigenvalue weighted by molar-refractivity contribution is 7.99. The smallest absolute Gasteiger partial charge is 0.0828 e. The van der Waals surface area contributed by atoms with Crippen LogP contribution < -0.4 is 10.6 Å². The third-order valence-electron chi connectivity index (χ3n) is 11.4. The van der Waals surface area contributed by atoms with Crippen molar-refractivity contribution in [3.63, 3.8) is 0 Å². The zero-order valence-corrected chi connectivity index (χ0v) is 26.8. The number of hydrogen-bond acceptors (Lipinski definition) is 4. The molecule has 8 atom stereocenters. The van der Waals surface area contributed by atoms with Crippen LogP contribution in [0, 0.1) is 0 Å². The minimum atomic E-state index is 0. The molecule has 4 heteroatoms. The van der Waals surface area contributed by atoms with Crippen LogP contribution >= 0.6 is 11.8 Å². The minimum Gasteiger partial charge on any atom is -0.373 e. The Morgan fingerprint density at radius 1 is 0.565 bits per heavy atom. The van der Waals surface area contributed by atoms with Gasteiger partial charge in [0.15, 0.2) is 0 Å². The summed E-state index contributed by atoms with van der Waals surface area (Å²) in [5.41, 5.74) is 9.42. The maximum absolute atomic E-state index is 5.70. The van der Waals surface area contributed by atoms with E-state index in [1.165, 1.54) is 75.6 Å². The third-order valence-corrected chi connectivity index (χ3v) is 12.9. The second-order valence-corrected chi connectivity index (χ2v) is 15.2. The molecule has 0 saturated carbocycles. The van der Waals surface area contributed by atoms with Crippen LogP contribution in [0.5, 0.6) is 0 Å². The van der Waals surface area contributed by atoms with E-state index in [1.54, 1.807) is 27.8 Å². The van der Waals surface area contributed by atoms with Crippen LogP contribution in [0.3, 0.4) is 0 Å². The molecular formula is C42H56N2OS. The van der Waals surface area contributed by atoms with Gasteiger partial charge < -0.3 is 15.4 Å². The van der Waals surface area contributed by atoms with E-state index in [4.69, 9.17) is 4.74 Å². The fourth-order valence-electron chi connectivity index (χ4n) is 8.99. The first-order chi connectivity index (χ1) is 21.8. The van der Waals surface area contributed by atoms with Gasteiger partial charge in [0.05, 0.1) is 12.7 Å². The van der Waals surface area contributed by atoms with Crippen LogP contribution in [-0.2, 0) is 4.74 Å². The van der Waals surface area contributed by atoms with Gasteiger partial charge in [0.2, 0.25) is 0 Å². The number of piperidine rings is 2. The first kappa shape index (κ1) is 33.5. The molecule has 4 saturated heterocycles. The highest BCUT2D eigenvalue weighted by Gasteiger charge is 2.34. The summed E-state index contributed by atoms with van der Waals surface area (Å²) in [6.07, 6.45) is 17.2. The second kappa shape index (κ2) is 15.2. The van der Waals surface area contributed by atoms with Crippen molar-refractivity contribution in [1.29, 1.82) is 0 Å². The zero-order chi connectivity index (χ0) is 29.3. The Balaban J connectivity index is 0.000000107. The number of rotatable bonds is 0. The molecule has 3 aromatic carbocycles. The Kier molecular flexibility index (Phi) is 11.1. The van der Waals surface area contributed by atoms with E-state index in [-0.39, 0.29) is 14.9 Å². The summed E-state index contributed by atoms with van der Waals surface area (Å²) >= 11 is 2.16. The molecule has 0 amide bonds. The number of hydrogen-bond donors (Lipinski definition) is 2. The van der Waals surface area contributed by atoms with E-state index < -0.39 is 0 Å². The molecule has 14 rings (SSSR count). The summed E-state index contributed by atoms with van der Waals surface area (Å²) in [5, 5.41) is 7.88. The van der Waals surface area contributed by atoms with E-state index >= 15 is 0 Å². The first-order valence-electron chi connectivity index (χ1n) is 17.5. The fourth-order valence-corrected chi connectivity index (χ4v) is 10.5. The molecule has 0 spiro atoms. The van der Waals surface area contributed by atoms with Gasteiger partial charge in [0.1, 0.15) is 0 Å². The third kappa shape index (κ3) is 6.92. The molecule has 3 nitrogen and oxygen atoms in total. The highest BCUT2D eigenvalue weighted by atomic mass is 32.2. The number of fused-ring (bicyclic) bond motifs is 8. The SMILES string of the molecule is C.C.C1=CC2CCCC1N2.c1ccc2c(c1)C1CCC2NC1.c1ccc2c(c1)C1CCC2OC1.c1ccc2c(c1)C1CCC2SC1. The van der Waals surface area contributed by atoms with Gasteiger partial charge in [-0.1, -0.05) is 99.8 Å². The maximum Gasteiger partial charge on any atom is 0.0828 e.